The van der Waals surface area contributed by atoms with Gasteiger partial charge in [0.05, 0.1) is 12.1 Å². The molecule has 146 valence electrons. The smallest absolute Gasteiger partial charge is 0.265 e. The first kappa shape index (κ1) is 18.0. The maximum absolute atomic E-state index is 14.0. The zero-order valence-electron chi connectivity index (χ0n) is 15.5. The number of likely N-dealkylation sites (tertiary alicyclic amines) is 1. The van der Waals surface area contributed by atoms with E-state index in [4.69, 9.17) is 4.42 Å². The number of aromatic nitrogens is 2. The van der Waals surface area contributed by atoms with Gasteiger partial charge < -0.3 is 9.32 Å². The predicted octanol–water partition coefficient (Wildman–Crippen LogP) is 5.11. The first-order valence-corrected chi connectivity index (χ1v) is 10.4. The van der Waals surface area contributed by atoms with Crippen LogP contribution in [0.25, 0.3) is 21.7 Å². The predicted molar refractivity (Wildman–Crippen MR) is 109 cm³/mol. The number of oxazole rings is 1. The summed E-state index contributed by atoms with van der Waals surface area (Å²) in [6, 6.07) is 14.2. The molecule has 0 aliphatic carbocycles. The molecule has 5 nitrogen and oxygen atoms in total. The summed E-state index contributed by atoms with van der Waals surface area (Å²) in [5.74, 6) is 0.333. The number of rotatable bonds is 3. The number of nitrogens with zero attached hydrogens (tertiary/aromatic N) is 3. The van der Waals surface area contributed by atoms with Crippen LogP contribution in [0, 0.1) is 5.82 Å². The van der Waals surface area contributed by atoms with E-state index in [2.05, 4.69) is 9.97 Å². The number of hydrogen-bond donors (Lipinski definition) is 0. The summed E-state index contributed by atoms with van der Waals surface area (Å²) in [6.07, 6.45) is 3.35. The van der Waals surface area contributed by atoms with Crippen molar-refractivity contribution in [3.8, 4) is 10.6 Å². The number of piperidine rings is 1. The summed E-state index contributed by atoms with van der Waals surface area (Å²) in [6.45, 7) is 1.24. The number of carbonyl (C=O) groups is 1. The van der Waals surface area contributed by atoms with Crippen LogP contribution in [0.5, 0.6) is 0 Å². The fourth-order valence-corrected chi connectivity index (χ4v) is 4.63. The number of amides is 1. The molecule has 2 aromatic carbocycles. The van der Waals surface area contributed by atoms with Crippen LogP contribution in [0.1, 0.15) is 34.3 Å². The Bertz CT molecular complexity index is 1150. The average Bonchev–Trinajstić information content (AvgIpc) is 3.41. The normalized spacial score (nSPS) is 17.0. The van der Waals surface area contributed by atoms with E-state index in [0.717, 1.165) is 23.9 Å². The summed E-state index contributed by atoms with van der Waals surface area (Å²) in [5, 5.41) is 0.513. The molecule has 1 aliphatic rings. The fourth-order valence-electron chi connectivity index (χ4n) is 3.72. The molecule has 1 atom stereocenters. The van der Waals surface area contributed by atoms with Gasteiger partial charge in [-0.1, -0.05) is 24.3 Å². The van der Waals surface area contributed by atoms with E-state index in [1.165, 1.54) is 23.6 Å². The van der Waals surface area contributed by atoms with Gasteiger partial charge in [-0.15, -0.1) is 11.3 Å². The van der Waals surface area contributed by atoms with Gasteiger partial charge in [0.2, 0.25) is 0 Å². The number of thiazole rings is 1. The third-order valence-corrected chi connectivity index (χ3v) is 6.21. The Morgan fingerprint density at radius 3 is 2.86 bits per heavy atom. The Labute approximate surface area is 170 Å². The molecule has 0 N–H and O–H groups in total. The SMILES string of the molecule is O=C(c1cnc(-c2ccccc2F)s1)N1CCCC(c2nc3ccccc3o2)C1. The van der Waals surface area contributed by atoms with Crippen LogP contribution in [0.2, 0.25) is 0 Å². The van der Waals surface area contributed by atoms with Crippen LogP contribution >= 0.6 is 11.3 Å². The molecule has 4 aromatic rings. The highest BCUT2D eigenvalue weighted by Gasteiger charge is 2.29. The quantitative estimate of drug-likeness (QED) is 0.473. The van der Waals surface area contributed by atoms with Crippen LogP contribution in [-0.4, -0.2) is 33.9 Å². The van der Waals surface area contributed by atoms with Gasteiger partial charge in [-0.05, 0) is 37.1 Å². The van der Waals surface area contributed by atoms with Crippen molar-refractivity contribution in [3.63, 3.8) is 0 Å². The molecular weight excluding hydrogens is 389 g/mol. The maximum Gasteiger partial charge on any atom is 0.265 e. The van der Waals surface area contributed by atoms with Crippen molar-refractivity contribution < 1.29 is 13.6 Å². The first-order valence-electron chi connectivity index (χ1n) is 9.54. The number of fused-ring (bicyclic) bond motifs is 1. The summed E-state index contributed by atoms with van der Waals surface area (Å²) in [4.78, 5) is 24.2. The number of halogens is 1. The van der Waals surface area contributed by atoms with Crippen LogP contribution in [0.4, 0.5) is 4.39 Å². The minimum atomic E-state index is -0.338. The Balaban J connectivity index is 1.35. The van der Waals surface area contributed by atoms with Crippen molar-refractivity contribution in [2.45, 2.75) is 18.8 Å². The van der Waals surface area contributed by atoms with Gasteiger partial charge >= 0.3 is 0 Å². The van der Waals surface area contributed by atoms with E-state index < -0.39 is 0 Å². The lowest BCUT2D eigenvalue weighted by Gasteiger charge is -2.30. The van der Waals surface area contributed by atoms with Crippen LogP contribution in [0.15, 0.2) is 59.1 Å². The third kappa shape index (κ3) is 3.42. The third-order valence-electron chi connectivity index (χ3n) is 5.19. The highest BCUT2D eigenvalue weighted by Crippen LogP contribution is 2.32. The zero-order chi connectivity index (χ0) is 19.8. The van der Waals surface area contributed by atoms with E-state index in [0.29, 0.717) is 34.4 Å². The molecule has 5 rings (SSSR count). The fraction of sp³-hybridized carbons (Fsp3) is 0.227. The Morgan fingerprint density at radius 2 is 2.00 bits per heavy atom. The van der Waals surface area contributed by atoms with Crippen molar-refractivity contribution in [2.75, 3.05) is 13.1 Å². The highest BCUT2D eigenvalue weighted by atomic mass is 32.1. The number of benzene rings is 2. The topological polar surface area (TPSA) is 59.2 Å². The molecule has 3 heterocycles. The molecule has 1 amide bonds. The molecule has 2 aromatic heterocycles. The van der Waals surface area contributed by atoms with Crippen molar-refractivity contribution in [3.05, 3.63) is 71.3 Å². The average molecular weight is 407 g/mol. The second-order valence-electron chi connectivity index (χ2n) is 7.12. The van der Waals surface area contributed by atoms with Crippen molar-refractivity contribution in [1.82, 2.24) is 14.9 Å². The molecule has 1 saturated heterocycles. The van der Waals surface area contributed by atoms with Gasteiger partial charge in [-0.3, -0.25) is 4.79 Å². The minimum Gasteiger partial charge on any atom is -0.440 e. The van der Waals surface area contributed by atoms with E-state index in [1.54, 1.807) is 18.2 Å². The molecule has 0 bridgehead atoms. The van der Waals surface area contributed by atoms with Gasteiger partial charge in [0.15, 0.2) is 11.5 Å². The van der Waals surface area contributed by atoms with Crippen LogP contribution < -0.4 is 0 Å². The highest BCUT2D eigenvalue weighted by molar-refractivity contribution is 7.16. The van der Waals surface area contributed by atoms with E-state index in [-0.39, 0.29) is 17.6 Å². The summed E-state index contributed by atoms with van der Waals surface area (Å²) in [5.41, 5.74) is 2.02. The van der Waals surface area contributed by atoms with E-state index in [1.807, 2.05) is 29.2 Å². The van der Waals surface area contributed by atoms with Crippen molar-refractivity contribution >= 4 is 28.3 Å². The second kappa shape index (κ2) is 7.40. The van der Waals surface area contributed by atoms with E-state index >= 15 is 0 Å². The van der Waals surface area contributed by atoms with Gasteiger partial charge in [-0.2, -0.15) is 0 Å². The lowest BCUT2D eigenvalue weighted by Crippen LogP contribution is -2.38. The standard InChI is InChI=1S/C22H18FN3O2S/c23-16-8-2-1-7-15(16)21-24-12-19(29-21)22(27)26-11-5-6-14(13-26)20-25-17-9-3-4-10-18(17)28-20/h1-4,7-10,12,14H,5-6,11,13H2. The number of carbonyl (C=O) groups excluding carboxylic acids is 1. The number of para-hydroxylation sites is 2. The van der Waals surface area contributed by atoms with Crippen LogP contribution in [0.3, 0.4) is 0 Å². The zero-order valence-corrected chi connectivity index (χ0v) is 16.4. The molecular formula is C22H18FN3O2S. The molecule has 0 radical (unpaired) electrons. The Morgan fingerprint density at radius 1 is 1.17 bits per heavy atom. The van der Waals surface area contributed by atoms with Gasteiger partial charge in [-0.25, -0.2) is 14.4 Å². The maximum atomic E-state index is 14.0. The minimum absolute atomic E-state index is 0.0686. The number of hydrogen-bond acceptors (Lipinski definition) is 5. The lowest BCUT2D eigenvalue weighted by atomic mass is 9.98. The monoisotopic (exact) mass is 407 g/mol. The Kier molecular flexibility index (Phi) is 4.60. The van der Waals surface area contributed by atoms with Crippen molar-refractivity contribution in [2.24, 2.45) is 0 Å². The van der Waals surface area contributed by atoms with E-state index in [9.17, 15) is 9.18 Å². The summed E-state index contributed by atoms with van der Waals surface area (Å²) in [7, 11) is 0. The molecule has 0 spiro atoms. The van der Waals surface area contributed by atoms with Crippen molar-refractivity contribution in [1.29, 1.82) is 0 Å². The molecule has 1 aliphatic heterocycles. The molecule has 1 fully saturated rings. The molecule has 7 heteroatoms. The molecule has 1 unspecified atom stereocenters. The summed E-state index contributed by atoms with van der Waals surface area (Å²) < 4.78 is 19.9. The largest absolute Gasteiger partial charge is 0.440 e. The first-order chi connectivity index (χ1) is 14.2. The van der Waals surface area contributed by atoms with Crippen LogP contribution in [-0.2, 0) is 0 Å². The summed E-state index contributed by atoms with van der Waals surface area (Å²) >= 11 is 1.22. The second-order valence-corrected chi connectivity index (χ2v) is 8.15. The van der Waals surface area contributed by atoms with Gasteiger partial charge in [0, 0.05) is 18.7 Å². The van der Waals surface area contributed by atoms with Gasteiger partial charge in [0.25, 0.3) is 5.91 Å². The van der Waals surface area contributed by atoms with Gasteiger partial charge in [0.1, 0.15) is 21.2 Å². The lowest BCUT2D eigenvalue weighted by molar-refractivity contribution is 0.0703. The Hall–Kier alpha value is -3.06. The molecule has 29 heavy (non-hydrogen) atoms. The molecule has 0 saturated carbocycles.